The first-order valence-corrected chi connectivity index (χ1v) is 8.97. The van der Waals surface area contributed by atoms with Crippen LogP contribution in [0.15, 0.2) is 66.1 Å². The third kappa shape index (κ3) is 4.28. The fourth-order valence-corrected chi connectivity index (χ4v) is 3.37. The highest BCUT2D eigenvalue weighted by Crippen LogP contribution is 2.22. The summed E-state index contributed by atoms with van der Waals surface area (Å²) in [4.78, 5) is 16.6. The maximum absolute atomic E-state index is 12.2. The molecule has 1 heterocycles. The standard InChI is InChI=1S/C19H17ClN2OS/c1-14-5-7-15(8-6-14)11-18(23)13-24-19-21-9-10-22(19)17-4-2-3-16(20)12-17/h2-10,12H,11,13H2,1H3. The van der Waals surface area contributed by atoms with E-state index >= 15 is 0 Å². The first kappa shape index (κ1) is 16.8. The van der Waals surface area contributed by atoms with Crippen molar-refractivity contribution in [2.24, 2.45) is 0 Å². The lowest BCUT2D eigenvalue weighted by atomic mass is 10.1. The third-order valence-corrected chi connectivity index (χ3v) is 4.84. The Balaban J connectivity index is 1.64. The number of aromatic nitrogens is 2. The number of aryl methyl sites for hydroxylation is 1. The molecule has 0 aliphatic rings. The van der Waals surface area contributed by atoms with Crippen LogP contribution in [-0.4, -0.2) is 21.1 Å². The fraction of sp³-hybridized carbons (Fsp3) is 0.158. The Morgan fingerprint density at radius 1 is 1.21 bits per heavy atom. The van der Waals surface area contributed by atoms with Gasteiger partial charge in [0.25, 0.3) is 0 Å². The van der Waals surface area contributed by atoms with Crippen molar-refractivity contribution in [1.29, 1.82) is 0 Å². The number of hydrogen-bond donors (Lipinski definition) is 0. The molecule has 0 radical (unpaired) electrons. The number of ketones is 1. The number of carbonyl (C=O) groups excluding carboxylic acids is 1. The number of thioether (sulfide) groups is 1. The Morgan fingerprint density at radius 3 is 2.75 bits per heavy atom. The molecule has 24 heavy (non-hydrogen) atoms. The van der Waals surface area contributed by atoms with Gasteiger partial charge in [0, 0.05) is 29.5 Å². The molecule has 0 aliphatic carbocycles. The van der Waals surface area contributed by atoms with E-state index in [1.54, 1.807) is 6.20 Å². The summed E-state index contributed by atoms with van der Waals surface area (Å²) in [5.41, 5.74) is 3.18. The van der Waals surface area contributed by atoms with Gasteiger partial charge in [0.2, 0.25) is 0 Å². The first-order chi connectivity index (χ1) is 11.6. The van der Waals surface area contributed by atoms with Crippen molar-refractivity contribution in [3.63, 3.8) is 0 Å². The number of imidazole rings is 1. The zero-order valence-corrected chi connectivity index (χ0v) is 14.8. The Kier molecular flexibility index (Phi) is 5.38. The van der Waals surface area contributed by atoms with E-state index < -0.39 is 0 Å². The van der Waals surface area contributed by atoms with Crippen LogP contribution in [0.1, 0.15) is 11.1 Å². The highest BCUT2D eigenvalue weighted by atomic mass is 35.5. The van der Waals surface area contributed by atoms with Gasteiger partial charge < -0.3 is 0 Å². The minimum atomic E-state index is 0.185. The zero-order valence-electron chi connectivity index (χ0n) is 13.3. The van der Waals surface area contributed by atoms with Crippen LogP contribution in [0.25, 0.3) is 5.69 Å². The van der Waals surface area contributed by atoms with Crippen molar-refractivity contribution in [3.05, 3.63) is 77.1 Å². The molecule has 0 spiro atoms. The van der Waals surface area contributed by atoms with Gasteiger partial charge in [-0.2, -0.15) is 0 Å². The van der Waals surface area contributed by atoms with Crippen LogP contribution in [0, 0.1) is 6.92 Å². The molecule has 5 heteroatoms. The number of nitrogens with zero attached hydrogens (tertiary/aromatic N) is 2. The normalized spacial score (nSPS) is 10.8. The third-order valence-electron chi connectivity index (χ3n) is 3.58. The van der Waals surface area contributed by atoms with Gasteiger partial charge >= 0.3 is 0 Å². The van der Waals surface area contributed by atoms with E-state index in [-0.39, 0.29) is 5.78 Å². The van der Waals surface area contributed by atoms with E-state index in [0.717, 1.165) is 16.4 Å². The van der Waals surface area contributed by atoms with E-state index in [0.29, 0.717) is 17.2 Å². The molecule has 3 rings (SSSR count). The minimum Gasteiger partial charge on any atom is -0.298 e. The smallest absolute Gasteiger partial charge is 0.173 e. The van der Waals surface area contributed by atoms with Crippen LogP contribution in [-0.2, 0) is 11.2 Å². The average Bonchev–Trinajstić information content (AvgIpc) is 3.04. The summed E-state index contributed by atoms with van der Waals surface area (Å²) in [6.45, 7) is 2.04. The lowest BCUT2D eigenvalue weighted by Crippen LogP contribution is -2.07. The van der Waals surface area contributed by atoms with Crippen LogP contribution in [0.3, 0.4) is 0 Å². The first-order valence-electron chi connectivity index (χ1n) is 7.61. The predicted octanol–water partition coefficient (Wildman–Crippen LogP) is 4.74. The molecule has 2 aromatic carbocycles. The van der Waals surface area contributed by atoms with E-state index in [1.807, 2.05) is 66.2 Å². The Morgan fingerprint density at radius 2 is 2.00 bits per heavy atom. The van der Waals surface area contributed by atoms with Gasteiger partial charge in [-0.15, -0.1) is 0 Å². The van der Waals surface area contributed by atoms with Crippen molar-refractivity contribution in [2.45, 2.75) is 18.5 Å². The van der Waals surface area contributed by atoms with Gasteiger partial charge in [0.15, 0.2) is 5.16 Å². The van der Waals surface area contributed by atoms with Gasteiger partial charge in [-0.3, -0.25) is 9.36 Å². The van der Waals surface area contributed by atoms with Crippen molar-refractivity contribution in [1.82, 2.24) is 9.55 Å². The molecule has 0 bridgehead atoms. The second-order valence-electron chi connectivity index (χ2n) is 5.55. The number of Topliss-reactive ketones (excluding diaryl/α,β-unsaturated/α-hetero) is 1. The van der Waals surface area contributed by atoms with Gasteiger partial charge in [-0.1, -0.05) is 59.3 Å². The molecule has 0 saturated heterocycles. The molecule has 0 saturated carbocycles. The van der Waals surface area contributed by atoms with Crippen molar-refractivity contribution in [2.75, 3.05) is 5.75 Å². The summed E-state index contributed by atoms with van der Waals surface area (Å²) < 4.78 is 1.94. The predicted molar refractivity (Wildman–Crippen MR) is 99.2 cm³/mol. The van der Waals surface area contributed by atoms with Gasteiger partial charge in [0.1, 0.15) is 5.78 Å². The molecule has 3 aromatic rings. The molecule has 0 N–H and O–H groups in total. The Hall–Kier alpha value is -2.04. The molecular formula is C19H17ClN2OS. The molecular weight excluding hydrogens is 340 g/mol. The fourth-order valence-electron chi connectivity index (χ4n) is 2.35. The van der Waals surface area contributed by atoms with Gasteiger partial charge in [0.05, 0.1) is 5.75 Å². The minimum absolute atomic E-state index is 0.185. The Bertz CT molecular complexity index is 843. The number of carbonyl (C=O) groups is 1. The summed E-state index contributed by atoms with van der Waals surface area (Å²) >= 11 is 7.49. The van der Waals surface area contributed by atoms with Crippen LogP contribution in [0.4, 0.5) is 0 Å². The topological polar surface area (TPSA) is 34.9 Å². The maximum atomic E-state index is 12.2. The second-order valence-corrected chi connectivity index (χ2v) is 6.93. The van der Waals surface area contributed by atoms with Crippen LogP contribution >= 0.6 is 23.4 Å². The van der Waals surface area contributed by atoms with Crippen LogP contribution in [0.5, 0.6) is 0 Å². The largest absolute Gasteiger partial charge is 0.298 e. The van der Waals surface area contributed by atoms with Crippen molar-refractivity contribution >= 4 is 29.1 Å². The van der Waals surface area contributed by atoms with E-state index in [1.165, 1.54) is 17.3 Å². The molecule has 0 unspecified atom stereocenters. The number of halogens is 1. The summed E-state index contributed by atoms with van der Waals surface area (Å²) in [7, 11) is 0. The SMILES string of the molecule is Cc1ccc(CC(=O)CSc2nccn2-c2cccc(Cl)c2)cc1. The summed E-state index contributed by atoms with van der Waals surface area (Å²) in [5, 5.41) is 1.46. The molecule has 0 amide bonds. The highest BCUT2D eigenvalue weighted by molar-refractivity contribution is 7.99. The summed E-state index contributed by atoms with van der Waals surface area (Å²) in [6, 6.07) is 15.6. The number of rotatable bonds is 6. The monoisotopic (exact) mass is 356 g/mol. The lowest BCUT2D eigenvalue weighted by molar-refractivity contribution is -0.116. The van der Waals surface area contributed by atoms with E-state index in [4.69, 9.17) is 11.6 Å². The highest BCUT2D eigenvalue weighted by Gasteiger charge is 2.10. The summed E-state index contributed by atoms with van der Waals surface area (Å²) in [5.74, 6) is 0.579. The molecule has 122 valence electrons. The molecule has 0 fully saturated rings. The van der Waals surface area contributed by atoms with Crippen molar-refractivity contribution < 1.29 is 4.79 Å². The average molecular weight is 357 g/mol. The van der Waals surface area contributed by atoms with Gasteiger partial charge in [-0.25, -0.2) is 4.98 Å². The summed E-state index contributed by atoms with van der Waals surface area (Å²) in [6.07, 6.45) is 4.05. The molecule has 1 aromatic heterocycles. The maximum Gasteiger partial charge on any atom is 0.173 e. The number of hydrogen-bond acceptors (Lipinski definition) is 3. The zero-order chi connectivity index (χ0) is 16.9. The second kappa shape index (κ2) is 7.69. The molecule has 0 atom stereocenters. The van der Waals surface area contributed by atoms with E-state index in [9.17, 15) is 4.79 Å². The lowest BCUT2D eigenvalue weighted by Gasteiger charge is -2.07. The quantitative estimate of drug-likeness (QED) is 0.598. The molecule has 0 aliphatic heterocycles. The van der Waals surface area contributed by atoms with Crippen molar-refractivity contribution in [3.8, 4) is 5.69 Å². The van der Waals surface area contributed by atoms with Gasteiger partial charge in [-0.05, 0) is 30.7 Å². The number of benzene rings is 2. The van der Waals surface area contributed by atoms with Crippen LogP contribution in [0.2, 0.25) is 5.02 Å². The van der Waals surface area contributed by atoms with Crippen LogP contribution < -0.4 is 0 Å². The Labute approximate surface area is 150 Å². The molecule has 3 nitrogen and oxygen atoms in total. The van der Waals surface area contributed by atoms with E-state index in [2.05, 4.69) is 4.98 Å².